The van der Waals surface area contributed by atoms with E-state index in [4.69, 9.17) is 0 Å². The van der Waals surface area contributed by atoms with Crippen LogP contribution in [0.1, 0.15) is 38.3 Å². The lowest BCUT2D eigenvalue weighted by molar-refractivity contribution is -0.138. The van der Waals surface area contributed by atoms with Crippen LogP contribution in [-0.2, 0) is 4.79 Å². The van der Waals surface area contributed by atoms with Gasteiger partial charge >= 0.3 is 0 Å². The van der Waals surface area contributed by atoms with Crippen LogP contribution in [0.5, 0.6) is 0 Å². The highest BCUT2D eigenvalue weighted by Gasteiger charge is 2.28. The van der Waals surface area contributed by atoms with Crippen molar-refractivity contribution < 1.29 is 9.18 Å². The van der Waals surface area contributed by atoms with Crippen molar-refractivity contribution in [3.8, 4) is 0 Å². The molecule has 1 aromatic carbocycles. The molecule has 1 saturated heterocycles. The molecule has 1 heterocycles. The maximum Gasteiger partial charge on any atom is 0.227 e. The number of nitrogens with one attached hydrogen (secondary N) is 1. The van der Waals surface area contributed by atoms with Crippen LogP contribution in [0.3, 0.4) is 0 Å². The molecule has 2 rings (SSSR count). The van der Waals surface area contributed by atoms with E-state index in [1.807, 2.05) is 18.7 Å². The number of carbonyl (C=O) groups excluding carboxylic acids is 1. The highest BCUT2D eigenvalue weighted by Crippen LogP contribution is 2.24. The lowest BCUT2D eigenvalue weighted by atomic mass is 9.96. The van der Waals surface area contributed by atoms with Crippen LogP contribution in [0.4, 0.5) is 4.39 Å². The molecule has 1 N–H and O–H groups in total. The fraction of sp³-hybridized carbons (Fsp3) is 0.562. The number of rotatable bonds is 4. The minimum absolute atomic E-state index is 0.0185. The summed E-state index contributed by atoms with van der Waals surface area (Å²) in [5, 5.41) is 3.28. The summed E-state index contributed by atoms with van der Waals surface area (Å²) in [7, 11) is 0. The van der Waals surface area contributed by atoms with Crippen molar-refractivity contribution in [2.24, 2.45) is 5.92 Å². The van der Waals surface area contributed by atoms with E-state index in [1.165, 1.54) is 12.1 Å². The number of amides is 1. The molecule has 1 aliphatic rings. The van der Waals surface area contributed by atoms with Crippen LogP contribution in [0.2, 0.25) is 0 Å². The maximum absolute atomic E-state index is 13.0. The minimum Gasteiger partial charge on any atom is -0.336 e. The molecule has 1 amide bonds. The van der Waals surface area contributed by atoms with Crippen LogP contribution in [0.15, 0.2) is 24.3 Å². The normalized spacial score (nSPS) is 20.4. The number of hydrogen-bond acceptors (Lipinski definition) is 2. The summed E-state index contributed by atoms with van der Waals surface area (Å²) in [6.07, 6.45) is 2.01. The monoisotopic (exact) mass is 278 g/mol. The van der Waals surface area contributed by atoms with Crippen LogP contribution in [0.25, 0.3) is 0 Å². The quantitative estimate of drug-likeness (QED) is 0.918. The molecule has 1 fully saturated rings. The summed E-state index contributed by atoms with van der Waals surface area (Å²) in [5.41, 5.74) is 0.977. The van der Waals surface area contributed by atoms with Gasteiger partial charge in [-0.3, -0.25) is 4.79 Å². The Bertz CT molecular complexity index is 440. The molecule has 1 aromatic rings. The highest BCUT2D eigenvalue weighted by molar-refractivity contribution is 5.79. The SMILES string of the molecule is CCN(C(=O)[C@@H]1CCCNC1)C(C)c1ccc(F)cc1. The second-order valence-electron chi connectivity index (χ2n) is 5.40. The Labute approximate surface area is 120 Å². The van der Waals surface area contributed by atoms with Crippen LogP contribution in [0, 0.1) is 11.7 Å². The van der Waals surface area contributed by atoms with Gasteiger partial charge in [-0.25, -0.2) is 4.39 Å². The third kappa shape index (κ3) is 3.37. The van der Waals surface area contributed by atoms with Crippen molar-refractivity contribution in [2.45, 2.75) is 32.7 Å². The molecular formula is C16H23FN2O. The van der Waals surface area contributed by atoms with E-state index < -0.39 is 0 Å². The van der Waals surface area contributed by atoms with E-state index in [2.05, 4.69) is 5.32 Å². The van der Waals surface area contributed by atoms with Crippen molar-refractivity contribution >= 4 is 5.91 Å². The van der Waals surface area contributed by atoms with E-state index in [0.29, 0.717) is 6.54 Å². The van der Waals surface area contributed by atoms with Gasteiger partial charge in [0.1, 0.15) is 5.82 Å². The Morgan fingerprint density at radius 3 is 2.70 bits per heavy atom. The molecule has 0 spiro atoms. The zero-order chi connectivity index (χ0) is 14.5. The van der Waals surface area contributed by atoms with Gasteiger partial charge in [-0.15, -0.1) is 0 Å². The summed E-state index contributed by atoms with van der Waals surface area (Å²) in [6.45, 7) is 6.45. The first-order valence-electron chi connectivity index (χ1n) is 7.40. The Hall–Kier alpha value is -1.42. The second kappa shape index (κ2) is 6.84. The average molecular weight is 278 g/mol. The maximum atomic E-state index is 13.0. The molecule has 20 heavy (non-hydrogen) atoms. The second-order valence-corrected chi connectivity index (χ2v) is 5.40. The Kier molecular flexibility index (Phi) is 5.12. The number of nitrogens with zero attached hydrogens (tertiary/aromatic N) is 1. The van der Waals surface area contributed by atoms with E-state index in [9.17, 15) is 9.18 Å². The number of carbonyl (C=O) groups is 1. The van der Waals surface area contributed by atoms with Gasteiger partial charge in [0.05, 0.1) is 12.0 Å². The number of hydrogen-bond donors (Lipinski definition) is 1. The van der Waals surface area contributed by atoms with Crippen molar-refractivity contribution in [3.05, 3.63) is 35.6 Å². The van der Waals surface area contributed by atoms with Crippen LogP contribution < -0.4 is 5.32 Å². The highest BCUT2D eigenvalue weighted by atomic mass is 19.1. The molecule has 1 aliphatic heterocycles. The summed E-state index contributed by atoms with van der Waals surface area (Å²) in [4.78, 5) is 14.5. The third-order valence-corrected chi connectivity index (χ3v) is 4.09. The van der Waals surface area contributed by atoms with Gasteiger partial charge in [0.25, 0.3) is 0 Å². The van der Waals surface area contributed by atoms with E-state index in [-0.39, 0.29) is 23.7 Å². The molecule has 0 saturated carbocycles. The lowest BCUT2D eigenvalue weighted by Crippen LogP contribution is -2.43. The first-order chi connectivity index (χ1) is 9.63. The standard InChI is InChI=1S/C16H23FN2O/c1-3-19(16(20)14-5-4-10-18-11-14)12(2)13-6-8-15(17)9-7-13/h6-9,12,14,18H,3-5,10-11H2,1-2H3/t12?,14-/m1/s1. The van der Waals surface area contributed by atoms with E-state index >= 15 is 0 Å². The predicted molar refractivity (Wildman–Crippen MR) is 77.8 cm³/mol. The lowest BCUT2D eigenvalue weighted by Gasteiger charge is -2.33. The molecule has 0 aliphatic carbocycles. The largest absolute Gasteiger partial charge is 0.336 e. The smallest absolute Gasteiger partial charge is 0.227 e. The fourth-order valence-electron chi connectivity index (χ4n) is 2.84. The van der Waals surface area contributed by atoms with Crippen molar-refractivity contribution in [2.75, 3.05) is 19.6 Å². The van der Waals surface area contributed by atoms with Gasteiger partial charge in [0.2, 0.25) is 5.91 Å². The Morgan fingerprint density at radius 2 is 2.15 bits per heavy atom. The first-order valence-corrected chi connectivity index (χ1v) is 7.40. The van der Waals surface area contributed by atoms with Gasteiger partial charge in [0.15, 0.2) is 0 Å². The predicted octanol–water partition coefficient (Wildman–Crippen LogP) is 2.73. The number of benzene rings is 1. The summed E-state index contributed by atoms with van der Waals surface area (Å²) in [5.74, 6) is 0.0370. The molecule has 110 valence electrons. The third-order valence-electron chi connectivity index (χ3n) is 4.09. The molecule has 0 bridgehead atoms. The van der Waals surface area contributed by atoms with Crippen LogP contribution >= 0.6 is 0 Å². The zero-order valence-corrected chi connectivity index (χ0v) is 12.2. The Balaban J connectivity index is 2.09. The summed E-state index contributed by atoms with van der Waals surface area (Å²) in [6, 6.07) is 6.40. The Morgan fingerprint density at radius 1 is 1.45 bits per heavy atom. The van der Waals surface area contributed by atoms with E-state index in [1.54, 1.807) is 12.1 Å². The number of halogens is 1. The molecule has 0 aromatic heterocycles. The topological polar surface area (TPSA) is 32.3 Å². The van der Waals surface area contributed by atoms with Crippen molar-refractivity contribution in [1.82, 2.24) is 10.2 Å². The van der Waals surface area contributed by atoms with E-state index in [0.717, 1.165) is 31.5 Å². The number of piperidine rings is 1. The molecule has 2 atom stereocenters. The van der Waals surface area contributed by atoms with Crippen molar-refractivity contribution in [1.29, 1.82) is 0 Å². The first kappa shape index (κ1) is 15.0. The minimum atomic E-state index is -0.244. The summed E-state index contributed by atoms with van der Waals surface area (Å²) < 4.78 is 13.0. The summed E-state index contributed by atoms with van der Waals surface area (Å²) >= 11 is 0. The van der Waals surface area contributed by atoms with Gasteiger partial charge in [-0.1, -0.05) is 12.1 Å². The van der Waals surface area contributed by atoms with Crippen LogP contribution in [-0.4, -0.2) is 30.4 Å². The zero-order valence-electron chi connectivity index (χ0n) is 12.2. The molecule has 0 radical (unpaired) electrons. The van der Waals surface area contributed by atoms with Gasteiger partial charge in [0, 0.05) is 13.1 Å². The molecule has 1 unspecified atom stereocenters. The molecule has 4 heteroatoms. The van der Waals surface area contributed by atoms with Crippen molar-refractivity contribution in [3.63, 3.8) is 0 Å². The van der Waals surface area contributed by atoms with Gasteiger partial charge < -0.3 is 10.2 Å². The molecule has 3 nitrogen and oxygen atoms in total. The molecular weight excluding hydrogens is 255 g/mol. The average Bonchev–Trinajstić information content (AvgIpc) is 2.49. The van der Waals surface area contributed by atoms with Gasteiger partial charge in [-0.05, 0) is 50.9 Å². The van der Waals surface area contributed by atoms with Gasteiger partial charge in [-0.2, -0.15) is 0 Å². The fourth-order valence-corrected chi connectivity index (χ4v) is 2.84.